The molecule has 5 nitrogen and oxygen atoms in total. The van der Waals surface area contributed by atoms with Gasteiger partial charge in [0.2, 0.25) is 0 Å². The maximum Gasteiger partial charge on any atom is 0.252 e. The van der Waals surface area contributed by atoms with Gasteiger partial charge >= 0.3 is 0 Å². The van der Waals surface area contributed by atoms with Gasteiger partial charge in [0.1, 0.15) is 11.6 Å². The summed E-state index contributed by atoms with van der Waals surface area (Å²) in [4.78, 5) is 24.3. The zero-order valence-corrected chi connectivity index (χ0v) is 11.8. The molecule has 1 N–H and O–H groups in total. The van der Waals surface area contributed by atoms with Gasteiger partial charge in [0, 0.05) is 31.1 Å². The Labute approximate surface area is 119 Å². The van der Waals surface area contributed by atoms with E-state index in [4.69, 9.17) is 4.98 Å². The third kappa shape index (κ3) is 2.35. The van der Waals surface area contributed by atoms with Crippen molar-refractivity contribution in [1.82, 2.24) is 14.9 Å². The summed E-state index contributed by atoms with van der Waals surface area (Å²) in [5, 5.41) is 0. The number of hydrogen-bond acceptors (Lipinski definition) is 4. The predicted octanol–water partition coefficient (Wildman–Crippen LogP) is 1.32. The minimum absolute atomic E-state index is 0.00141. The van der Waals surface area contributed by atoms with Crippen molar-refractivity contribution in [3.8, 4) is 0 Å². The van der Waals surface area contributed by atoms with Gasteiger partial charge in [-0.05, 0) is 45.2 Å². The van der Waals surface area contributed by atoms with Gasteiger partial charge in [-0.1, -0.05) is 0 Å². The molecular formula is C15H22N4O. The lowest BCUT2D eigenvalue weighted by atomic mass is 10.2. The van der Waals surface area contributed by atoms with Crippen LogP contribution in [-0.2, 0) is 0 Å². The molecule has 1 aliphatic carbocycles. The minimum atomic E-state index is 0.00141. The predicted molar refractivity (Wildman–Crippen MR) is 78.3 cm³/mol. The van der Waals surface area contributed by atoms with Gasteiger partial charge in [-0.3, -0.25) is 9.69 Å². The summed E-state index contributed by atoms with van der Waals surface area (Å²) in [6.45, 7) is 4.55. The Morgan fingerprint density at radius 2 is 1.95 bits per heavy atom. The molecule has 2 saturated heterocycles. The number of nitrogens with zero attached hydrogens (tertiary/aromatic N) is 3. The minimum Gasteiger partial charge on any atom is -0.355 e. The molecule has 3 fully saturated rings. The van der Waals surface area contributed by atoms with Crippen LogP contribution in [0.5, 0.6) is 0 Å². The van der Waals surface area contributed by atoms with E-state index in [0.717, 1.165) is 24.7 Å². The molecule has 2 aliphatic heterocycles. The SMILES string of the molecule is O=c1cc(N2CCC(N3CCCC3)C2)nc(C2CC2)[nH]1. The summed E-state index contributed by atoms with van der Waals surface area (Å²) in [6, 6.07) is 2.32. The van der Waals surface area contributed by atoms with Crippen molar-refractivity contribution in [2.24, 2.45) is 0 Å². The normalized spacial score (nSPS) is 27.4. The maximum atomic E-state index is 11.8. The fourth-order valence-corrected chi connectivity index (χ4v) is 3.53. The van der Waals surface area contributed by atoms with E-state index in [1.165, 1.54) is 45.2 Å². The summed E-state index contributed by atoms with van der Waals surface area (Å²) in [6.07, 6.45) is 6.22. The molecule has 0 radical (unpaired) electrons. The average Bonchev–Trinajstić information content (AvgIpc) is 2.96. The number of rotatable bonds is 3. The van der Waals surface area contributed by atoms with E-state index in [1.807, 2.05) is 0 Å². The van der Waals surface area contributed by atoms with Gasteiger partial charge in [0.15, 0.2) is 0 Å². The Morgan fingerprint density at radius 1 is 1.15 bits per heavy atom. The topological polar surface area (TPSA) is 52.2 Å². The lowest BCUT2D eigenvalue weighted by Gasteiger charge is -2.24. The van der Waals surface area contributed by atoms with Crippen molar-refractivity contribution in [3.63, 3.8) is 0 Å². The number of aromatic amines is 1. The molecule has 1 unspecified atom stereocenters. The fraction of sp³-hybridized carbons (Fsp3) is 0.733. The highest BCUT2D eigenvalue weighted by Gasteiger charge is 2.31. The summed E-state index contributed by atoms with van der Waals surface area (Å²) in [7, 11) is 0. The highest BCUT2D eigenvalue weighted by molar-refractivity contribution is 5.40. The van der Waals surface area contributed by atoms with Crippen molar-refractivity contribution in [1.29, 1.82) is 0 Å². The highest BCUT2D eigenvalue weighted by Crippen LogP contribution is 2.38. The number of nitrogens with one attached hydrogen (secondary N) is 1. The van der Waals surface area contributed by atoms with Crippen molar-refractivity contribution in [3.05, 3.63) is 22.2 Å². The van der Waals surface area contributed by atoms with Crippen LogP contribution >= 0.6 is 0 Å². The van der Waals surface area contributed by atoms with Crippen LogP contribution < -0.4 is 10.5 Å². The number of anilines is 1. The molecule has 108 valence electrons. The third-order valence-corrected chi connectivity index (χ3v) is 4.85. The van der Waals surface area contributed by atoms with E-state index in [2.05, 4.69) is 14.8 Å². The average molecular weight is 274 g/mol. The van der Waals surface area contributed by atoms with Crippen molar-refractivity contribution in [2.45, 2.75) is 44.1 Å². The summed E-state index contributed by atoms with van der Waals surface area (Å²) >= 11 is 0. The second-order valence-corrected chi connectivity index (χ2v) is 6.39. The Hall–Kier alpha value is -1.36. The van der Waals surface area contributed by atoms with Crippen LogP contribution in [0.15, 0.2) is 10.9 Å². The Balaban J connectivity index is 1.51. The molecule has 1 saturated carbocycles. The maximum absolute atomic E-state index is 11.8. The second-order valence-electron chi connectivity index (χ2n) is 6.39. The van der Waals surface area contributed by atoms with Crippen LogP contribution in [0.4, 0.5) is 5.82 Å². The number of likely N-dealkylation sites (tertiary alicyclic amines) is 1. The molecule has 0 amide bonds. The third-order valence-electron chi connectivity index (χ3n) is 4.85. The van der Waals surface area contributed by atoms with Gasteiger partial charge in [-0.25, -0.2) is 4.98 Å². The van der Waals surface area contributed by atoms with E-state index in [9.17, 15) is 4.79 Å². The first-order valence-corrected chi connectivity index (χ1v) is 7.90. The zero-order valence-electron chi connectivity index (χ0n) is 11.8. The van der Waals surface area contributed by atoms with Crippen LogP contribution in [0, 0.1) is 0 Å². The number of H-pyrrole nitrogens is 1. The number of hydrogen-bond donors (Lipinski definition) is 1. The van der Waals surface area contributed by atoms with E-state index in [1.54, 1.807) is 6.07 Å². The molecule has 0 aromatic carbocycles. The monoisotopic (exact) mass is 274 g/mol. The Morgan fingerprint density at radius 3 is 2.70 bits per heavy atom. The van der Waals surface area contributed by atoms with Crippen LogP contribution in [-0.4, -0.2) is 47.1 Å². The molecule has 0 spiro atoms. The Kier molecular flexibility index (Phi) is 3.02. The molecule has 0 bridgehead atoms. The zero-order chi connectivity index (χ0) is 13.5. The standard InChI is InChI=1S/C15H22N4O/c20-14-9-13(16-15(17-14)11-3-4-11)19-8-5-12(10-19)18-6-1-2-7-18/h9,11-12H,1-8,10H2,(H,16,17,20). The lowest BCUT2D eigenvalue weighted by molar-refractivity contribution is 0.260. The lowest BCUT2D eigenvalue weighted by Crippen LogP contribution is -2.35. The smallest absolute Gasteiger partial charge is 0.252 e. The van der Waals surface area contributed by atoms with E-state index in [0.29, 0.717) is 12.0 Å². The van der Waals surface area contributed by atoms with Gasteiger partial charge in [-0.15, -0.1) is 0 Å². The highest BCUT2D eigenvalue weighted by atomic mass is 16.1. The second kappa shape index (κ2) is 4.88. The van der Waals surface area contributed by atoms with E-state index < -0.39 is 0 Å². The summed E-state index contributed by atoms with van der Waals surface area (Å²) in [5.41, 5.74) is 0.00141. The quantitative estimate of drug-likeness (QED) is 0.903. The molecule has 1 aromatic heterocycles. The molecule has 1 atom stereocenters. The number of aromatic nitrogens is 2. The molecule has 20 heavy (non-hydrogen) atoms. The van der Waals surface area contributed by atoms with Crippen molar-refractivity contribution < 1.29 is 0 Å². The van der Waals surface area contributed by atoms with Gasteiger partial charge < -0.3 is 9.88 Å². The van der Waals surface area contributed by atoms with E-state index >= 15 is 0 Å². The molecule has 4 rings (SSSR count). The summed E-state index contributed by atoms with van der Waals surface area (Å²) in [5.74, 6) is 2.29. The van der Waals surface area contributed by atoms with Crippen LogP contribution in [0.2, 0.25) is 0 Å². The molecule has 1 aromatic rings. The van der Waals surface area contributed by atoms with Crippen LogP contribution in [0.1, 0.15) is 43.8 Å². The first-order valence-electron chi connectivity index (χ1n) is 7.90. The Bertz CT molecular complexity index is 545. The fourth-order valence-electron chi connectivity index (χ4n) is 3.53. The molecular weight excluding hydrogens is 252 g/mol. The van der Waals surface area contributed by atoms with Crippen LogP contribution in [0.25, 0.3) is 0 Å². The van der Waals surface area contributed by atoms with Crippen molar-refractivity contribution in [2.75, 3.05) is 31.1 Å². The van der Waals surface area contributed by atoms with Gasteiger partial charge in [0.05, 0.1) is 0 Å². The van der Waals surface area contributed by atoms with Gasteiger partial charge in [0.25, 0.3) is 5.56 Å². The molecule has 3 aliphatic rings. The van der Waals surface area contributed by atoms with Crippen LogP contribution in [0.3, 0.4) is 0 Å². The van der Waals surface area contributed by atoms with Gasteiger partial charge in [-0.2, -0.15) is 0 Å². The first kappa shape index (κ1) is 12.4. The molecule has 5 heteroatoms. The van der Waals surface area contributed by atoms with E-state index in [-0.39, 0.29) is 5.56 Å². The largest absolute Gasteiger partial charge is 0.355 e. The first-order chi connectivity index (χ1) is 9.79. The summed E-state index contributed by atoms with van der Waals surface area (Å²) < 4.78 is 0. The molecule has 3 heterocycles. The van der Waals surface area contributed by atoms with Crippen molar-refractivity contribution >= 4 is 5.82 Å².